The Labute approximate surface area is 117 Å². The second kappa shape index (κ2) is 6.28. The zero-order chi connectivity index (χ0) is 14.7. The largest absolute Gasteiger partial charge is 0.336 e. The monoisotopic (exact) mass is 283 g/mol. The van der Waals surface area contributed by atoms with E-state index in [0.29, 0.717) is 19.6 Å². The number of carbonyl (C=O) groups is 1. The zero-order valence-electron chi connectivity index (χ0n) is 11.5. The van der Waals surface area contributed by atoms with Gasteiger partial charge in [0.15, 0.2) is 0 Å². The van der Waals surface area contributed by atoms with Gasteiger partial charge in [0.2, 0.25) is 0 Å². The molecule has 1 aromatic rings. The molecule has 1 amide bonds. The average Bonchev–Trinajstić information content (AvgIpc) is 2.43. The number of carbonyl (C=O) groups excluding carboxylic acids is 1. The number of hydrogen-bond acceptors (Lipinski definition) is 3. The molecule has 0 radical (unpaired) electrons. The normalized spacial score (nSPS) is 16.5. The molecule has 2 rings (SSSR count). The van der Waals surface area contributed by atoms with Crippen molar-refractivity contribution < 1.29 is 13.6 Å². The molecule has 0 unspecified atom stereocenters. The summed E-state index contributed by atoms with van der Waals surface area (Å²) in [5, 5.41) is 0. The highest BCUT2D eigenvalue weighted by Crippen LogP contribution is 2.17. The highest BCUT2D eigenvalue weighted by Gasteiger charge is 2.24. The van der Waals surface area contributed by atoms with Gasteiger partial charge in [0.25, 0.3) is 5.91 Å². The minimum Gasteiger partial charge on any atom is -0.336 e. The number of rotatable bonds is 3. The molecular formula is C14H19F2N3O. The van der Waals surface area contributed by atoms with Crippen LogP contribution < -0.4 is 5.73 Å². The Morgan fingerprint density at radius 2 is 1.85 bits per heavy atom. The summed E-state index contributed by atoms with van der Waals surface area (Å²) in [6.45, 7) is 5.43. The Hall–Kier alpha value is -1.53. The SMILES string of the molecule is Cc1cc(C(=O)N2CCN(CCN)CC2)c(F)cc1F. The third-order valence-corrected chi connectivity index (χ3v) is 3.58. The summed E-state index contributed by atoms with van der Waals surface area (Å²) < 4.78 is 26.9. The Kier molecular flexibility index (Phi) is 4.67. The highest BCUT2D eigenvalue weighted by atomic mass is 19.1. The molecular weight excluding hydrogens is 264 g/mol. The quantitative estimate of drug-likeness (QED) is 0.900. The summed E-state index contributed by atoms with van der Waals surface area (Å²) in [6.07, 6.45) is 0. The summed E-state index contributed by atoms with van der Waals surface area (Å²) in [6, 6.07) is 2.05. The van der Waals surface area contributed by atoms with Gasteiger partial charge in [-0.25, -0.2) is 8.78 Å². The van der Waals surface area contributed by atoms with E-state index in [9.17, 15) is 13.6 Å². The van der Waals surface area contributed by atoms with E-state index in [2.05, 4.69) is 4.90 Å². The number of nitrogens with zero attached hydrogens (tertiary/aromatic N) is 2. The van der Waals surface area contributed by atoms with Gasteiger partial charge in [-0.15, -0.1) is 0 Å². The first-order valence-corrected chi connectivity index (χ1v) is 6.70. The molecule has 1 aliphatic heterocycles. The lowest BCUT2D eigenvalue weighted by molar-refractivity contribution is 0.0636. The standard InChI is InChI=1S/C14H19F2N3O/c1-10-8-11(13(16)9-12(10)15)14(20)19-6-4-18(3-2-17)5-7-19/h8-9H,2-7,17H2,1H3. The van der Waals surface area contributed by atoms with E-state index in [4.69, 9.17) is 5.73 Å². The van der Waals surface area contributed by atoms with Crippen LogP contribution in [0.1, 0.15) is 15.9 Å². The van der Waals surface area contributed by atoms with Gasteiger partial charge in [-0.3, -0.25) is 9.69 Å². The molecule has 20 heavy (non-hydrogen) atoms. The summed E-state index contributed by atoms with van der Waals surface area (Å²) >= 11 is 0. The number of nitrogens with two attached hydrogens (primary N) is 1. The van der Waals surface area contributed by atoms with Crippen molar-refractivity contribution in [3.63, 3.8) is 0 Å². The van der Waals surface area contributed by atoms with Crippen molar-refractivity contribution >= 4 is 5.91 Å². The maximum atomic E-state index is 13.7. The first kappa shape index (κ1) is 14.9. The maximum Gasteiger partial charge on any atom is 0.256 e. The number of benzene rings is 1. The fourth-order valence-corrected chi connectivity index (χ4v) is 2.35. The van der Waals surface area contributed by atoms with E-state index < -0.39 is 11.6 Å². The van der Waals surface area contributed by atoms with Crippen LogP contribution in [0.2, 0.25) is 0 Å². The lowest BCUT2D eigenvalue weighted by Gasteiger charge is -2.34. The summed E-state index contributed by atoms with van der Waals surface area (Å²) in [5.74, 6) is -1.81. The van der Waals surface area contributed by atoms with E-state index in [-0.39, 0.29) is 17.0 Å². The van der Waals surface area contributed by atoms with Crippen molar-refractivity contribution in [2.24, 2.45) is 5.73 Å². The predicted octanol–water partition coefficient (Wildman–Crippen LogP) is 0.990. The van der Waals surface area contributed by atoms with Gasteiger partial charge >= 0.3 is 0 Å². The lowest BCUT2D eigenvalue weighted by Crippen LogP contribution is -2.49. The number of piperazine rings is 1. The fraction of sp³-hybridized carbons (Fsp3) is 0.500. The molecule has 4 nitrogen and oxygen atoms in total. The van der Waals surface area contributed by atoms with Crippen molar-refractivity contribution in [1.82, 2.24) is 9.80 Å². The van der Waals surface area contributed by atoms with Crippen LogP contribution in [0.4, 0.5) is 8.78 Å². The van der Waals surface area contributed by atoms with Crippen LogP contribution >= 0.6 is 0 Å². The van der Waals surface area contributed by atoms with E-state index >= 15 is 0 Å². The summed E-state index contributed by atoms with van der Waals surface area (Å²) in [5.41, 5.74) is 5.70. The van der Waals surface area contributed by atoms with Crippen LogP contribution in [0.25, 0.3) is 0 Å². The van der Waals surface area contributed by atoms with Crippen molar-refractivity contribution in [1.29, 1.82) is 0 Å². The Morgan fingerprint density at radius 3 is 2.45 bits per heavy atom. The molecule has 0 aliphatic carbocycles. The number of halogens is 2. The van der Waals surface area contributed by atoms with Crippen molar-refractivity contribution in [3.8, 4) is 0 Å². The van der Waals surface area contributed by atoms with Gasteiger partial charge in [0, 0.05) is 45.3 Å². The minimum absolute atomic E-state index is 0.0591. The van der Waals surface area contributed by atoms with Crippen LogP contribution in [-0.2, 0) is 0 Å². The van der Waals surface area contributed by atoms with Gasteiger partial charge in [-0.1, -0.05) is 0 Å². The fourth-order valence-electron chi connectivity index (χ4n) is 2.35. The summed E-state index contributed by atoms with van der Waals surface area (Å²) in [7, 11) is 0. The van der Waals surface area contributed by atoms with E-state index in [0.717, 1.165) is 25.7 Å². The molecule has 1 aromatic carbocycles. The number of amides is 1. The lowest BCUT2D eigenvalue weighted by atomic mass is 10.1. The first-order valence-electron chi connectivity index (χ1n) is 6.70. The van der Waals surface area contributed by atoms with Gasteiger partial charge in [0.1, 0.15) is 11.6 Å². The smallest absolute Gasteiger partial charge is 0.256 e. The second-order valence-corrected chi connectivity index (χ2v) is 5.00. The highest BCUT2D eigenvalue weighted by molar-refractivity contribution is 5.94. The molecule has 2 N–H and O–H groups in total. The molecule has 0 spiro atoms. The van der Waals surface area contributed by atoms with E-state index in [1.807, 2.05) is 0 Å². The molecule has 1 fully saturated rings. The molecule has 1 aliphatic rings. The molecule has 1 saturated heterocycles. The van der Waals surface area contributed by atoms with Crippen LogP contribution in [0.5, 0.6) is 0 Å². The zero-order valence-corrected chi connectivity index (χ0v) is 11.5. The molecule has 0 bridgehead atoms. The molecule has 0 atom stereocenters. The minimum atomic E-state index is -0.803. The van der Waals surface area contributed by atoms with Gasteiger partial charge < -0.3 is 10.6 Å². The third kappa shape index (κ3) is 3.13. The maximum absolute atomic E-state index is 13.7. The Morgan fingerprint density at radius 1 is 1.20 bits per heavy atom. The Bertz CT molecular complexity index is 499. The van der Waals surface area contributed by atoms with Crippen molar-refractivity contribution in [2.45, 2.75) is 6.92 Å². The third-order valence-electron chi connectivity index (χ3n) is 3.58. The van der Waals surface area contributed by atoms with Crippen molar-refractivity contribution in [3.05, 3.63) is 34.9 Å². The molecule has 110 valence electrons. The molecule has 1 heterocycles. The molecule has 6 heteroatoms. The first-order chi connectivity index (χ1) is 9.52. The van der Waals surface area contributed by atoms with Gasteiger partial charge in [-0.2, -0.15) is 0 Å². The number of aryl methyl sites for hydroxylation is 1. The second-order valence-electron chi connectivity index (χ2n) is 5.00. The van der Waals surface area contributed by atoms with Gasteiger partial charge in [0.05, 0.1) is 5.56 Å². The number of hydrogen-bond donors (Lipinski definition) is 1. The van der Waals surface area contributed by atoms with Crippen LogP contribution in [0.15, 0.2) is 12.1 Å². The van der Waals surface area contributed by atoms with E-state index in [1.165, 1.54) is 13.0 Å². The average molecular weight is 283 g/mol. The topological polar surface area (TPSA) is 49.6 Å². The van der Waals surface area contributed by atoms with E-state index in [1.54, 1.807) is 4.90 Å². The predicted molar refractivity (Wildman–Crippen MR) is 72.5 cm³/mol. The molecule has 0 saturated carbocycles. The van der Waals surface area contributed by atoms with Crippen LogP contribution in [0, 0.1) is 18.6 Å². The van der Waals surface area contributed by atoms with Crippen LogP contribution in [0.3, 0.4) is 0 Å². The van der Waals surface area contributed by atoms with Crippen molar-refractivity contribution in [2.75, 3.05) is 39.3 Å². The Balaban J connectivity index is 2.07. The van der Waals surface area contributed by atoms with Crippen LogP contribution in [-0.4, -0.2) is 55.0 Å². The summed E-state index contributed by atoms with van der Waals surface area (Å²) in [4.78, 5) is 16.0. The molecule has 0 aromatic heterocycles. The van der Waals surface area contributed by atoms with Gasteiger partial charge in [-0.05, 0) is 18.6 Å².